The molecular formula is C46H66N2O9. The summed E-state index contributed by atoms with van der Waals surface area (Å²) in [5.74, 6) is -3.19. The molecule has 2 aromatic carbocycles. The Morgan fingerprint density at radius 2 is 1.04 bits per heavy atom. The topological polar surface area (TPSA) is 145 Å². The van der Waals surface area contributed by atoms with Crippen molar-refractivity contribution in [2.75, 3.05) is 6.54 Å². The van der Waals surface area contributed by atoms with Gasteiger partial charge >= 0.3 is 17.9 Å². The van der Waals surface area contributed by atoms with E-state index < -0.39 is 35.1 Å². The number of benzene rings is 2. The molecule has 1 N–H and O–H groups in total. The Kier molecular flexibility index (Phi) is 23.0. The average molecular weight is 791 g/mol. The molecule has 0 spiro atoms. The van der Waals surface area contributed by atoms with E-state index in [2.05, 4.69) is 12.2 Å². The number of unbranched alkanes of at least 4 members (excludes halogenated alkanes) is 15. The zero-order valence-electron chi connectivity index (χ0n) is 34.3. The van der Waals surface area contributed by atoms with E-state index in [9.17, 15) is 28.8 Å². The number of hydrogen-bond donors (Lipinski definition) is 1. The molecule has 1 aliphatic heterocycles. The van der Waals surface area contributed by atoms with Crippen LogP contribution in [0.15, 0.2) is 60.7 Å². The van der Waals surface area contributed by atoms with Crippen LogP contribution in [0.3, 0.4) is 0 Å². The van der Waals surface area contributed by atoms with Crippen LogP contribution in [0.1, 0.15) is 166 Å². The van der Waals surface area contributed by atoms with Crippen molar-refractivity contribution in [3.8, 4) is 0 Å². The molecule has 57 heavy (non-hydrogen) atoms. The number of hydroxylamine groups is 2. The molecule has 0 saturated carbocycles. The quantitative estimate of drug-likeness (QED) is 0.0342. The molecular weight excluding hydrogens is 725 g/mol. The standard InChI is InChI=1S/C46H66N2O9/c1-2-3-4-5-6-8-11-14-23-33-46(45(54)56-37-39-27-20-17-21-28-39,44(53)47-35-32-43(52)57-48-40(49)30-31-41(48)50)34-24-15-12-9-7-10-13-22-29-42(51)55-36-38-25-18-16-19-26-38/h16-21,25-28H,2-15,22-24,29-37H2,1H3,(H,47,53). The second-order valence-electron chi connectivity index (χ2n) is 15.2. The highest BCUT2D eigenvalue weighted by molar-refractivity contribution is 6.03. The second kappa shape index (κ2) is 28.0. The van der Waals surface area contributed by atoms with Gasteiger partial charge in [0.1, 0.15) is 18.6 Å². The monoisotopic (exact) mass is 790 g/mol. The Balaban J connectivity index is 1.53. The van der Waals surface area contributed by atoms with Crippen LogP contribution in [-0.4, -0.2) is 47.2 Å². The number of carbonyl (C=O) groups excluding carboxylic acids is 6. The summed E-state index contributed by atoms with van der Waals surface area (Å²) >= 11 is 0. The maximum atomic E-state index is 14.1. The molecule has 314 valence electrons. The highest BCUT2D eigenvalue weighted by Crippen LogP contribution is 2.35. The van der Waals surface area contributed by atoms with Crippen molar-refractivity contribution < 1.29 is 43.1 Å². The van der Waals surface area contributed by atoms with E-state index in [1.165, 1.54) is 32.1 Å². The summed E-state index contributed by atoms with van der Waals surface area (Å²) in [6.45, 7) is 2.43. The van der Waals surface area contributed by atoms with Crippen molar-refractivity contribution in [3.63, 3.8) is 0 Å². The van der Waals surface area contributed by atoms with Gasteiger partial charge < -0.3 is 19.6 Å². The van der Waals surface area contributed by atoms with Crippen LogP contribution in [-0.2, 0) is 56.3 Å². The highest BCUT2D eigenvalue weighted by Gasteiger charge is 2.46. The molecule has 2 aromatic rings. The van der Waals surface area contributed by atoms with E-state index in [0.717, 1.165) is 75.3 Å². The lowest BCUT2D eigenvalue weighted by atomic mass is 9.76. The molecule has 3 amide bonds. The van der Waals surface area contributed by atoms with Crippen LogP contribution in [0, 0.1) is 5.41 Å². The zero-order chi connectivity index (χ0) is 41.0. The Morgan fingerprint density at radius 3 is 1.54 bits per heavy atom. The zero-order valence-corrected chi connectivity index (χ0v) is 34.3. The first-order valence-electron chi connectivity index (χ1n) is 21.5. The first-order chi connectivity index (χ1) is 27.7. The minimum atomic E-state index is -1.43. The van der Waals surface area contributed by atoms with Crippen molar-refractivity contribution in [3.05, 3.63) is 71.8 Å². The molecule has 1 aliphatic rings. The van der Waals surface area contributed by atoms with Crippen molar-refractivity contribution in [1.29, 1.82) is 0 Å². The van der Waals surface area contributed by atoms with Gasteiger partial charge in [-0.1, -0.05) is 170 Å². The second-order valence-corrected chi connectivity index (χ2v) is 15.2. The predicted molar refractivity (Wildman–Crippen MR) is 218 cm³/mol. The number of nitrogens with one attached hydrogen (secondary N) is 1. The third-order valence-electron chi connectivity index (χ3n) is 10.5. The molecule has 0 aliphatic carbocycles. The molecule has 0 aromatic heterocycles. The van der Waals surface area contributed by atoms with Crippen LogP contribution < -0.4 is 5.32 Å². The van der Waals surface area contributed by atoms with Gasteiger partial charge in [-0.15, -0.1) is 5.06 Å². The number of ether oxygens (including phenoxy) is 2. The third-order valence-corrected chi connectivity index (χ3v) is 10.5. The molecule has 3 rings (SSSR count). The van der Waals surface area contributed by atoms with Crippen LogP contribution >= 0.6 is 0 Å². The summed E-state index contributed by atoms with van der Waals surface area (Å²) < 4.78 is 11.2. The van der Waals surface area contributed by atoms with Crippen molar-refractivity contribution in [2.24, 2.45) is 5.41 Å². The van der Waals surface area contributed by atoms with Gasteiger partial charge in [0, 0.05) is 25.8 Å². The van der Waals surface area contributed by atoms with Crippen LogP contribution in [0.5, 0.6) is 0 Å². The van der Waals surface area contributed by atoms with Crippen molar-refractivity contribution in [1.82, 2.24) is 10.4 Å². The van der Waals surface area contributed by atoms with Crippen LogP contribution in [0.2, 0.25) is 0 Å². The summed E-state index contributed by atoms with van der Waals surface area (Å²) in [6.07, 6.45) is 17.8. The average Bonchev–Trinajstić information content (AvgIpc) is 3.54. The molecule has 0 radical (unpaired) electrons. The lowest BCUT2D eigenvalue weighted by Crippen LogP contribution is -2.48. The molecule has 1 fully saturated rings. The lowest BCUT2D eigenvalue weighted by Gasteiger charge is -2.31. The van der Waals surface area contributed by atoms with Crippen molar-refractivity contribution >= 4 is 35.6 Å². The van der Waals surface area contributed by atoms with Gasteiger partial charge in [0.05, 0.1) is 6.42 Å². The molecule has 0 bridgehead atoms. The van der Waals surface area contributed by atoms with Gasteiger partial charge in [-0.3, -0.25) is 24.0 Å². The molecule has 1 atom stereocenters. The highest BCUT2D eigenvalue weighted by atomic mass is 16.7. The number of carbonyl (C=O) groups is 6. The minimum Gasteiger partial charge on any atom is -0.461 e. The van der Waals surface area contributed by atoms with Gasteiger partial charge in [0.2, 0.25) is 5.91 Å². The maximum absolute atomic E-state index is 14.1. The number of rotatable bonds is 31. The third kappa shape index (κ3) is 18.5. The molecule has 1 saturated heterocycles. The Hall–Kier alpha value is -4.54. The first kappa shape index (κ1) is 46.8. The van der Waals surface area contributed by atoms with E-state index in [-0.39, 0.29) is 38.4 Å². The predicted octanol–water partition coefficient (Wildman–Crippen LogP) is 9.40. The van der Waals surface area contributed by atoms with Gasteiger partial charge in [-0.25, -0.2) is 4.79 Å². The fraction of sp³-hybridized carbons (Fsp3) is 0.609. The van der Waals surface area contributed by atoms with Crippen molar-refractivity contribution in [2.45, 2.75) is 168 Å². The van der Waals surface area contributed by atoms with E-state index >= 15 is 0 Å². The SMILES string of the molecule is CCCCCCCCCCCC(CCCCCCCCCCC(=O)OCc1ccccc1)(C(=O)NCCC(=O)ON1C(=O)CCC1=O)C(=O)OCc1ccccc1. The number of imide groups is 1. The first-order valence-corrected chi connectivity index (χ1v) is 21.5. The number of amides is 3. The summed E-state index contributed by atoms with van der Waals surface area (Å²) in [5.41, 5.74) is 0.363. The largest absolute Gasteiger partial charge is 0.461 e. The van der Waals surface area contributed by atoms with E-state index in [1.54, 1.807) is 0 Å². The minimum absolute atomic E-state index is 0.0107. The van der Waals surface area contributed by atoms with Crippen LogP contribution in [0.25, 0.3) is 0 Å². The van der Waals surface area contributed by atoms with Gasteiger partial charge in [0.15, 0.2) is 0 Å². The molecule has 11 heteroatoms. The van der Waals surface area contributed by atoms with Gasteiger partial charge in [0.25, 0.3) is 11.8 Å². The van der Waals surface area contributed by atoms with E-state index in [4.69, 9.17) is 14.3 Å². The lowest BCUT2D eigenvalue weighted by molar-refractivity contribution is -0.197. The van der Waals surface area contributed by atoms with Crippen LogP contribution in [0.4, 0.5) is 0 Å². The van der Waals surface area contributed by atoms with Gasteiger partial charge in [-0.2, -0.15) is 0 Å². The van der Waals surface area contributed by atoms with Gasteiger partial charge in [-0.05, 0) is 30.4 Å². The Bertz CT molecular complexity index is 1480. The molecule has 1 unspecified atom stereocenters. The fourth-order valence-corrected chi connectivity index (χ4v) is 7.07. The fourth-order valence-electron chi connectivity index (χ4n) is 7.07. The van der Waals surface area contributed by atoms with E-state index in [1.807, 2.05) is 60.7 Å². The van der Waals surface area contributed by atoms with E-state index in [0.29, 0.717) is 43.8 Å². The summed E-state index contributed by atoms with van der Waals surface area (Å²) in [6, 6.07) is 19.0. The molecule has 11 nitrogen and oxygen atoms in total. The normalized spacial score (nSPS) is 13.6. The number of hydrogen-bond acceptors (Lipinski definition) is 9. The molecule has 1 heterocycles. The smallest absolute Gasteiger partial charge is 0.334 e. The summed E-state index contributed by atoms with van der Waals surface area (Å²) in [7, 11) is 0. The Labute approximate surface area is 339 Å². The summed E-state index contributed by atoms with van der Waals surface area (Å²) in [4.78, 5) is 81.6. The number of esters is 2. The Morgan fingerprint density at radius 1 is 0.579 bits per heavy atom. The number of nitrogens with zero attached hydrogens (tertiary/aromatic N) is 1. The maximum Gasteiger partial charge on any atom is 0.334 e. The summed E-state index contributed by atoms with van der Waals surface area (Å²) in [5, 5.41) is 3.29.